The molecule has 1 N–H and O–H groups in total. The molecule has 0 aliphatic rings. The Labute approximate surface area is 177 Å². The van der Waals surface area contributed by atoms with Crippen molar-refractivity contribution in [3.8, 4) is 5.75 Å². The van der Waals surface area contributed by atoms with Crippen molar-refractivity contribution in [2.75, 3.05) is 6.61 Å². The Morgan fingerprint density at radius 1 is 1.21 bits per heavy atom. The molecule has 6 heteroatoms. The van der Waals surface area contributed by atoms with E-state index < -0.39 is 5.41 Å². The second-order valence-corrected chi connectivity index (χ2v) is 8.62. The number of fused-ring (bicyclic) bond motifs is 1. The maximum atomic E-state index is 12.3. The lowest BCUT2D eigenvalue weighted by Gasteiger charge is -2.18. The van der Waals surface area contributed by atoms with Gasteiger partial charge in [-0.1, -0.05) is 44.5 Å². The third-order valence-corrected chi connectivity index (χ3v) is 5.17. The molecule has 1 aromatic heterocycles. The van der Waals surface area contributed by atoms with E-state index >= 15 is 0 Å². The molecule has 0 spiro atoms. The fourth-order valence-corrected chi connectivity index (χ4v) is 3.17. The molecule has 0 aliphatic heterocycles. The van der Waals surface area contributed by atoms with E-state index in [2.05, 4.69) is 16.0 Å². The normalized spacial score (nSPS) is 11.6. The zero-order valence-corrected chi connectivity index (χ0v) is 18.2. The number of hydrogen-bond donors (Lipinski definition) is 1. The molecule has 29 heavy (non-hydrogen) atoms. The van der Waals surface area contributed by atoms with E-state index in [1.807, 2.05) is 64.1 Å². The van der Waals surface area contributed by atoms with Crippen molar-refractivity contribution in [1.29, 1.82) is 0 Å². The molecule has 0 radical (unpaired) electrons. The smallest absolute Gasteiger partial charge is 0.225 e. The molecule has 1 amide bonds. The first-order chi connectivity index (χ1) is 13.8. The number of para-hydroxylation sites is 2. The molecule has 154 valence electrons. The number of aryl methyl sites for hydroxylation is 2. The van der Waals surface area contributed by atoms with Crippen LogP contribution < -0.4 is 10.1 Å². The summed E-state index contributed by atoms with van der Waals surface area (Å²) in [5.74, 6) is 1.68. The van der Waals surface area contributed by atoms with Crippen LogP contribution in [0.3, 0.4) is 0 Å². The predicted octanol–water partition coefficient (Wildman–Crippen LogP) is 5.13. The van der Waals surface area contributed by atoms with Crippen molar-refractivity contribution in [2.24, 2.45) is 5.41 Å². The van der Waals surface area contributed by atoms with Gasteiger partial charge in [0.2, 0.25) is 5.91 Å². The Balaban J connectivity index is 1.67. The van der Waals surface area contributed by atoms with E-state index in [9.17, 15) is 4.79 Å². The number of ether oxygens (including phenoxy) is 1. The summed E-state index contributed by atoms with van der Waals surface area (Å²) in [5, 5.41) is 3.74. The van der Waals surface area contributed by atoms with Crippen molar-refractivity contribution in [1.82, 2.24) is 14.9 Å². The summed E-state index contributed by atoms with van der Waals surface area (Å²) < 4.78 is 8.03. The van der Waals surface area contributed by atoms with E-state index in [0.717, 1.165) is 46.2 Å². The summed E-state index contributed by atoms with van der Waals surface area (Å²) in [4.78, 5) is 17.0. The highest BCUT2D eigenvalue weighted by atomic mass is 35.5. The van der Waals surface area contributed by atoms with Crippen LogP contribution in [-0.4, -0.2) is 22.1 Å². The van der Waals surface area contributed by atoms with Crippen molar-refractivity contribution in [3.05, 3.63) is 58.9 Å². The highest BCUT2D eigenvalue weighted by Crippen LogP contribution is 2.22. The molecule has 0 saturated carbocycles. The van der Waals surface area contributed by atoms with Gasteiger partial charge in [-0.2, -0.15) is 0 Å². The quantitative estimate of drug-likeness (QED) is 0.546. The Hall–Kier alpha value is -2.53. The van der Waals surface area contributed by atoms with Crippen LogP contribution in [0.2, 0.25) is 5.02 Å². The van der Waals surface area contributed by atoms with Gasteiger partial charge < -0.3 is 14.6 Å². The molecule has 5 nitrogen and oxygen atoms in total. The van der Waals surface area contributed by atoms with Crippen LogP contribution in [-0.2, 0) is 17.9 Å². The van der Waals surface area contributed by atoms with Crippen LogP contribution in [0.4, 0.5) is 0 Å². The summed E-state index contributed by atoms with van der Waals surface area (Å²) in [5.41, 5.74) is 2.57. The van der Waals surface area contributed by atoms with Crippen molar-refractivity contribution < 1.29 is 9.53 Å². The lowest BCUT2D eigenvalue weighted by atomic mass is 9.96. The summed E-state index contributed by atoms with van der Waals surface area (Å²) >= 11 is 6.07. The largest absolute Gasteiger partial charge is 0.494 e. The van der Waals surface area contributed by atoms with Crippen molar-refractivity contribution >= 4 is 28.5 Å². The zero-order chi connectivity index (χ0) is 21.0. The first-order valence-corrected chi connectivity index (χ1v) is 10.2. The third kappa shape index (κ3) is 5.30. The molecule has 0 saturated heterocycles. The van der Waals surface area contributed by atoms with Crippen LogP contribution in [0.1, 0.15) is 38.6 Å². The van der Waals surface area contributed by atoms with E-state index in [1.54, 1.807) is 0 Å². The Morgan fingerprint density at radius 2 is 1.97 bits per heavy atom. The molecule has 3 aromatic rings. The number of carbonyl (C=O) groups is 1. The van der Waals surface area contributed by atoms with Gasteiger partial charge in [0.25, 0.3) is 0 Å². The lowest BCUT2D eigenvalue weighted by molar-refractivity contribution is -0.128. The monoisotopic (exact) mass is 413 g/mol. The van der Waals surface area contributed by atoms with Crippen LogP contribution >= 0.6 is 11.6 Å². The molecule has 3 rings (SSSR count). The highest BCUT2D eigenvalue weighted by molar-refractivity contribution is 6.31. The maximum Gasteiger partial charge on any atom is 0.225 e. The topological polar surface area (TPSA) is 56.1 Å². The number of rotatable bonds is 7. The minimum absolute atomic E-state index is 0.0116. The Bertz CT molecular complexity index is 1010. The maximum absolute atomic E-state index is 12.3. The SMILES string of the molecule is Cc1cc(OCCCn2c(CNC(=O)C(C)(C)C)nc3ccccc32)ccc1Cl. The van der Waals surface area contributed by atoms with E-state index in [-0.39, 0.29) is 5.91 Å². The Kier molecular flexibility index (Phi) is 6.48. The molecule has 2 aromatic carbocycles. The van der Waals surface area contributed by atoms with Gasteiger partial charge in [0.1, 0.15) is 11.6 Å². The second kappa shape index (κ2) is 8.87. The summed E-state index contributed by atoms with van der Waals surface area (Å²) in [7, 11) is 0. The highest BCUT2D eigenvalue weighted by Gasteiger charge is 2.21. The Morgan fingerprint density at radius 3 is 2.69 bits per heavy atom. The van der Waals surface area contributed by atoms with Gasteiger partial charge in [-0.25, -0.2) is 4.98 Å². The van der Waals surface area contributed by atoms with E-state index in [4.69, 9.17) is 21.3 Å². The molecular formula is C23H28ClN3O2. The number of nitrogens with zero attached hydrogens (tertiary/aromatic N) is 2. The number of imidazole rings is 1. The van der Waals surface area contributed by atoms with Gasteiger partial charge in [-0.3, -0.25) is 4.79 Å². The van der Waals surface area contributed by atoms with Gasteiger partial charge >= 0.3 is 0 Å². The molecule has 0 atom stereocenters. The second-order valence-electron chi connectivity index (χ2n) is 8.21. The van der Waals surface area contributed by atoms with Gasteiger partial charge in [0.15, 0.2) is 0 Å². The average molecular weight is 414 g/mol. The number of nitrogens with one attached hydrogen (secondary N) is 1. The fraction of sp³-hybridized carbons (Fsp3) is 0.391. The number of benzene rings is 2. The minimum atomic E-state index is -0.429. The molecule has 1 heterocycles. The van der Waals surface area contributed by atoms with Gasteiger partial charge in [-0.05, 0) is 49.2 Å². The van der Waals surface area contributed by atoms with Crippen LogP contribution in [0.5, 0.6) is 5.75 Å². The van der Waals surface area contributed by atoms with Crippen LogP contribution in [0, 0.1) is 12.3 Å². The van der Waals surface area contributed by atoms with Crippen molar-refractivity contribution in [3.63, 3.8) is 0 Å². The summed E-state index contributed by atoms with van der Waals surface area (Å²) in [6.07, 6.45) is 0.822. The fourth-order valence-electron chi connectivity index (χ4n) is 3.05. The third-order valence-electron chi connectivity index (χ3n) is 4.75. The zero-order valence-electron chi connectivity index (χ0n) is 17.5. The number of aromatic nitrogens is 2. The number of amides is 1. The van der Waals surface area contributed by atoms with Crippen LogP contribution in [0.25, 0.3) is 11.0 Å². The lowest BCUT2D eigenvalue weighted by Crippen LogP contribution is -2.35. The minimum Gasteiger partial charge on any atom is -0.494 e. The number of halogens is 1. The van der Waals surface area contributed by atoms with Crippen molar-refractivity contribution in [2.45, 2.75) is 47.2 Å². The molecular weight excluding hydrogens is 386 g/mol. The average Bonchev–Trinajstić information content (AvgIpc) is 3.03. The van der Waals surface area contributed by atoms with E-state index in [1.165, 1.54) is 0 Å². The van der Waals surface area contributed by atoms with E-state index in [0.29, 0.717) is 13.2 Å². The molecule has 0 bridgehead atoms. The number of hydrogen-bond acceptors (Lipinski definition) is 3. The number of carbonyl (C=O) groups excluding carboxylic acids is 1. The summed E-state index contributed by atoms with van der Waals surface area (Å²) in [6.45, 7) is 9.42. The molecule has 0 fully saturated rings. The standard InChI is InChI=1S/C23H28ClN3O2/c1-16-14-17(10-11-18(16)24)29-13-7-12-27-20-9-6-5-8-19(20)26-21(27)15-25-22(28)23(2,3)4/h5-6,8-11,14H,7,12-13,15H2,1-4H3,(H,25,28). The summed E-state index contributed by atoms with van der Waals surface area (Å²) in [6, 6.07) is 13.7. The van der Waals surface area contributed by atoms with Gasteiger partial charge in [-0.15, -0.1) is 0 Å². The first kappa shape index (κ1) is 21.2. The predicted molar refractivity (Wildman–Crippen MR) is 117 cm³/mol. The van der Waals surface area contributed by atoms with Crippen LogP contribution in [0.15, 0.2) is 42.5 Å². The molecule has 0 unspecified atom stereocenters. The first-order valence-electron chi connectivity index (χ1n) is 9.87. The van der Waals surface area contributed by atoms with Gasteiger partial charge in [0.05, 0.1) is 24.2 Å². The van der Waals surface area contributed by atoms with Gasteiger partial charge in [0, 0.05) is 17.0 Å². The molecule has 0 aliphatic carbocycles.